The predicted octanol–water partition coefficient (Wildman–Crippen LogP) is 1.93. The molecule has 0 heterocycles. The third-order valence-corrected chi connectivity index (χ3v) is 3.91. The van der Waals surface area contributed by atoms with Crippen molar-refractivity contribution in [3.05, 3.63) is 29.8 Å². The standard InChI is InChI=1S/C16H22N2O2/c1-16(2)7-13(16)9-18-10-14(19)11-20-15-5-3-12(8-17)4-6-15/h3-6,13-14,18-19H,7,9-11H2,1-2H3. The Hall–Kier alpha value is -1.57. The summed E-state index contributed by atoms with van der Waals surface area (Å²) in [5.41, 5.74) is 1.07. The summed E-state index contributed by atoms with van der Waals surface area (Å²) >= 11 is 0. The van der Waals surface area contributed by atoms with Gasteiger partial charge in [0.15, 0.2) is 0 Å². The van der Waals surface area contributed by atoms with Crippen LogP contribution in [0, 0.1) is 22.7 Å². The number of ether oxygens (including phenoxy) is 1. The SMILES string of the molecule is CC1(C)CC1CNCC(O)COc1ccc(C#N)cc1. The van der Waals surface area contributed by atoms with Gasteiger partial charge in [-0.05, 0) is 48.6 Å². The molecule has 108 valence electrons. The van der Waals surface area contributed by atoms with Crippen LogP contribution in [0.4, 0.5) is 0 Å². The predicted molar refractivity (Wildman–Crippen MR) is 77.4 cm³/mol. The summed E-state index contributed by atoms with van der Waals surface area (Å²) in [5, 5.41) is 21.8. The van der Waals surface area contributed by atoms with Gasteiger partial charge in [-0.15, -0.1) is 0 Å². The maximum Gasteiger partial charge on any atom is 0.119 e. The number of benzene rings is 1. The Morgan fingerprint density at radius 1 is 1.45 bits per heavy atom. The highest BCUT2D eigenvalue weighted by Crippen LogP contribution is 2.50. The highest BCUT2D eigenvalue weighted by molar-refractivity contribution is 5.34. The lowest BCUT2D eigenvalue weighted by atomic mass is 10.1. The summed E-state index contributed by atoms with van der Waals surface area (Å²) in [5.74, 6) is 1.40. The van der Waals surface area contributed by atoms with Crippen LogP contribution in [-0.4, -0.2) is 30.9 Å². The Balaban J connectivity index is 1.62. The Bertz CT molecular complexity index is 476. The van der Waals surface area contributed by atoms with Crippen molar-refractivity contribution in [3.8, 4) is 11.8 Å². The first kappa shape index (κ1) is 14.8. The zero-order valence-corrected chi connectivity index (χ0v) is 12.1. The second-order valence-corrected chi connectivity index (χ2v) is 6.15. The highest BCUT2D eigenvalue weighted by Gasteiger charge is 2.44. The van der Waals surface area contributed by atoms with Crippen LogP contribution < -0.4 is 10.1 Å². The minimum Gasteiger partial charge on any atom is -0.491 e. The number of nitrogens with zero attached hydrogens (tertiary/aromatic N) is 1. The summed E-state index contributed by atoms with van der Waals surface area (Å²) in [6.07, 6.45) is 0.741. The van der Waals surface area contributed by atoms with Crippen LogP contribution in [0.25, 0.3) is 0 Å². The van der Waals surface area contributed by atoms with Gasteiger partial charge in [0.05, 0.1) is 11.6 Å². The summed E-state index contributed by atoms with van der Waals surface area (Å²) in [4.78, 5) is 0. The normalized spacial score (nSPS) is 21.0. The highest BCUT2D eigenvalue weighted by atomic mass is 16.5. The fourth-order valence-electron chi connectivity index (χ4n) is 2.23. The Kier molecular flexibility index (Phi) is 4.64. The van der Waals surface area contributed by atoms with Crippen LogP contribution in [-0.2, 0) is 0 Å². The topological polar surface area (TPSA) is 65.3 Å². The smallest absolute Gasteiger partial charge is 0.119 e. The molecule has 4 heteroatoms. The Morgan fingerprint density at radius 2 is 2.10 bits per heavy atom. The fraction of sp³-hybridized carbons (Fsp3) is 0.562. The maximum absolute atomic E-state index is 9.83. The van der Waals surface area contributed by atoms with Gasteiger partial charge in [0.2, 0.25) is 0 Å². The number of aliphatic hydroxyl groups is 1. The van der Waals surface area contributed by atoms with E-state index < -0.39 is 6.10 Å². The van der Waals surface area contributed by atoms with Crippen molar-refractivity contribution in [3.63, 3.8) is 0 Å². The number of hydrogen-bond acceptors (Lipinski definition) is 4. The molecule has 1 aromatic rings. The Labute approximate surface area is 120 Å². The van der Waals surface area contributed by atoms with Crippen LogP contribution in [0.2, 0.25) is 0 Å². The molecule has 1 aromatic carbocycles. The van der Waals surface area contributed by atoms with Gasteiger partial charge in [-0.2, -0.15) is 5.26 Å². The van der Waals surface area contributed by atoms with Gasteiger partial charge < -0.3 is 15.2 Å². The van der Waals surface area contributed by atoms with E-state index in [2.05, 4.69) is 25.2 Å². The minimum atomic E-state index is -0.521. The van der Waals surface area contributed by atoms with Crippen LogP contribution in [0.3, 0.4) is 0 Å². The molecule has 1 aliphatic carbocycles. The van der Waals surface area contributed by atoms with Crippen molar-refractivity contribution < 1.29 is 9.84 Å². The molecule has 1 aliphatic rings. The van der Waals surface area contributed by atoms with Crippen molar-refractivity contribution in [2.24, 2.45) is 11.3 Å². The number of hydrogen-bond donors (Lipinski definition) is 2. The van der Waals surface area contributed by atoms with E-state index in [4.69, 9.17) is 10.00 Å². The second-order valence-electron chi connectivity index (χ2n) is 6.15. The zero-order chi connectivity index (χ0) is 14.6. The van der Waals surface area contributed by atoms with E-state index in [1.165, 1.54) is 6.42 Å². The lowest BCUT2D eigenvalue weighted by molar-refractivity contribution is 0.106. The monoisotopic (exact) mass is 274 g/mol. The molecule has 4 nitrogen and oxygen atoms in total. The van der Waals surface area contributed by atoms with Crippen molar-refractivity contribution >= 4 is 0 Å². The molecule has 0 amide bonds. The lowest BCUT2D eigenvalue weighted by Crippen LogP contribution is -2.33. The van der Waals surface area contributed by atoms with Crippen molar-refractivity contribution in [1.82, 2.24) is 5.32 Å². The third kappa shape index (κ3) is 4.22. The van der Waals surface area contributed by atoms with E-state index in [0.717, 1.165) is 12.5 Å². The largest absolute Gasteiger partial charge is 0.491 e. The average molecular weight is 274 g/mol. The summed E-state index contributed by atoms with van der Waals surface area (Å²) < 4.78 is 5.48. The summed E-state index contributed by atoms with van der Waals surface area (Å²) in [6.45, 7) is 6.30. The average Bonchev–Trinajstić information content (AvgIpc) is 3.04. The Morgan fingerprint density at radius 3 is 2.65 bits per heavy atom. The van der Waals surface area contributed by atoms with Crippen molar-refractivity contribution in [2.75, 3.05) is 19.7 Å². The molecule has 2 N–H and O–H groups in total. The first-order chi connectivity index (χ1) is 9.51. The molecule has 0 saturated heterocycles. The van der Waals surface area contributed by atoms with E-state index in [1.807, 2.05) is 0 Å². The van der Waals surface area contributed by atoms with Gasteiger partial charge in [0, 0.05) is 6.54 Å². The van der Waals surface area contributed by atoms with Gasteiger partial charge in [-0.1, -0.05) is 13.8 Å². The number of nitriles is 1. The van der Waals surface area contributed by atoms with Gasteiger partial charge >= 0.3 is 0 Å². The number of nitrogens with one attached hydrogen (secondary N) is 1. The third-order valence-electron chi connectivity index (χ3n) is 3.91. The molecule has 0 spiro atoms. The van der Waals surface area contributed by atoms with Crippen LogP contribution >= 0.6 is 0 Å². The van der Waals surface area contributed by atoms with Gasteiger partial charge in [0.1, 0.15) is 18.5 Å². The zero-order valence-electron chi connectivity index (χ0n) is 12.1. The summed E-state index contributed by atoms with van der Waals surface area (Å²) in [6, 6.07) is 8.95. The van der Waals surface area contributed by atoms with E-state index in [-0.39, 0.29) is 6.61 Å². The summed E-state index contributed by atoms with van der Waals surface area (Å²) in [7, 11) is 0. The van der Waals surface area contributed by atoms with Gasteiger partial charge in [0.25, 0.3) is 0 Å². The van der Waals surface area contributed by atoms with E-state index in [1.54, 1.807) is 24.3 Å². The second kappa shape index (κ2) is 6.25. The molecule has 2 rings (SSSR count). The number of aliphatic hydroxyl groups excluding tert-OH is 1. The van der Waals surface area contributed by atoms with Crippen molar-refractivity contribution in [1.29, 1.82) is 5.26 Å². The molecule has 1 saturated carbocycles. The van der Waals surface area contributed by atoms with Gasteiger partial charge in [-0.25, -0.2) is 0 Å². The number of rotatable bonds is 7. The quantitative estimate of drug-likeness (QED) is 0.797. The van der Waals surface area contributed by atoms with Gasteiger partial charge in [-0.3, -0.25) is 0 Å². The molecule has 2 unspecified atom stereocenters. The van der Waals surface area contributed by atoms with Crippen LogP contribution in [0.5, 0.6) is 5.75 Å². The molecular formula is C16H22N2O2. The van der Waals surface area contributed by atoms with E-state index >= 15 is 0 Å². The molecule has 2 atom stereocenters. The van der Waals surface area contributed by atoms with Crippen LogP contribution in [0.1, 0.15) is 25.8 Å². The molecular weight excluding hydrogens is 252 g/mol. The molecule has 0 radical (unpaired) electrons. The molecule has 0 aromatic heterocycles. The van der Waals surface area contributed by atoms with Crippen LogP contribution in [0.15, 0.2) is 24.3 Å². The first-order valence-electron chi connectivity index (χ1n) is 7.03. The van der Waals surface area contributed by atoms with E-state index in [0.29, 0.717) is 23.3 Å². The minimum absolute atomic E-state index is 0.257. The maximum atomic E-state index is 9.83. The first-order valence-corrected chi connectivity index (χ1v) is 7.03. The lowest BCUT2D eigenvalue weighted by Gasteiger charge is -2.13. The molecule has 0 aliphatic heterocycles. The fourth-order valence-corrected chi connectivity index (χ4v) is 2.23. The van der Waals surface area contributed by atoms with E-state index in [9.17, 15) is 5.11 Å². The molecule has 1 fully saturated rings. The van der Waals surface area contributed by atoms with Crippen molar-refractivity contribution in [2.45, 2.75) is 26.4 Å². The molecule has 20 heavy (non-hydrogen) atoms. The molecule has 0 bridgehead atoms.